The van der Waals surface area contributed by atoms with E-state index in [1.165, 1.54) is 0 Å². The Balaban J connectivity index is 1.40. The average molecular weight is 396 g/mol. The van der Waals surface area contributed by atoms with Gasteiger partial charge in [-0.1, -0.05) is 26.0 Å². The highest BCUT2D eigenvalue weighted by molar-refractivity contribution is 5.85. The number of rotatable bonds is 6. The van der Waals surface area contributed by atoms with Gasteiger partial charge in [-0.3, -0.25) is 0 Å². The molecule has 5 nitrogen and oxygen atoms in total. The Labute approximate surface area is 175 Å². The molecule has 0 aliphatic rings. The topological polar surface area (TPSA) is 66.6 Å². The number of fused-ring (bicyclic) bond motifs is 2. The quantitative estimate of drug-likeness (QED) is 0.359. The van der Waals surface area contributed by atoms with Crippen molar-refractivity contribution < 1.29 is 4.74 Å². The summed E-state index contributed by atoms with van der Waals surface area (Å²) in [5.41, 5.74) is 5.99. The molecule has 5 heteroatoms. The monoisotopic (exact) mass is 396 g/mol. The number of nitrogens with zero attached hydrogens (tertiary/aromatic N) is 2. The Bertz CT molecular complexity index is 1270. The van der Waals surface area contributed by atoms with Crippen LogP contribution < -0.4 is 4.74 Å². The summed E-state index contributed by atoms with van der Waals surface area (Å²) in [7, 11) is 0. The fourth-order valence-electron chi connectivity index (χ4n) is 3.50. The first-order valence-corrected chi connectivity index (χ1v) is 10.3. The molecule has 0 radical (unpaired) electrons. The fraction of sp³-hybridized carbons (Fsp3) is 0.200. The van der Waals surface area contributed by atoms with Crippen molar-refractivity contribution in [3.63, 3.8) is 0 Å². The lowest BCUT2D eigenvalue weighted by Gasteiger charge is -2.08. The van der Waals surface area contributed by atoms with Gasteiger partial charge in [-0.05, 0) is 66.9 Å². The van der Waals surface area contributed by atoms with Crippen molar-refractivity contribution in [1.29, 1.82) is 0 Å². The van der Waals surface area contributed by atoms with E-state index in [0.717, 1.165) is 63.6 Å². The first kappa shape index (κ1) is 18.4. The second-order valence-electron chi connectivity index (χ2n) is 7.98. The minimum atomic E-state index is 0.643. The predicted molar refractivity (Wildman–Crippen MR) is 122 cm³/mol. The van der Waals surface area contributed by atoms with Gasteiger partial charge >= 0.3 is 0 Å². The van der Waals surface area contributed by atoms with Gasteiger partial charge in [0, 0.05) is 11.1 Å². The van der Waals surface area contributed by atoms with Crippen LogP contribution in [0.4, 0.5) is 0 Å². The number of aromatic nitrogens is 4. The smallest absolute Gasteiger partial charge is 0.138 e. The van der Waals surface area contributed by atoms with E-state index in [4.69, 9.17) is 14.7 Å². The summed E-state index contributed by atoms with van der Waals surface area (Å²) in [6.07, 6.45) is 1.05. The molecule has 5 rings (SSSR count). The summed E-state index contributed by atoms with van der Waals surface area (Å²) >= 11 is 0. The van der Waals surface area contributed by atoms with E-state index in [0.29, 0.717) is 5.92 Å². The third kappa shape index (κ3) is 3.66. The molecule has 0 spiro atoms. The molecule has 0 unspecified atom stereocenters. The molecule has 150 valence electrons. The zero-order chi connectivity index (χ0) is 20.5. The molecule has 2 heterocycles. The number of benzene rings is 3. The number of para-hydroxylation sites is 2. The van der Waals surface area contributed by atoms with Gasteiger partial charge in [-0.15, -0.1) is 0 Å². The van der Waals surface area contributed by atoms with Gasteiger partial charge in [0.2, 0.25) is 0 Å². The normalized spacial score (nSPS) is 11.6. The zero-order valence-electron chi connectivity index (χ0n) is 17.1. The van der Waals surface area contributed by atoms with E-state index in [2.05, 4.69) is 35.9 Å². The third-order valence-corrected chi connectivity index (χ3v) is 5.24. The first-order chi connectivity index (χ1) is 14.7. The molecule has 0 saturated heterocycles. The number of imidazole rings is 2. The summed E-state index contributed by atoms with van der Waals surface area (Å²) in [5.74, 6) is 3.24. The van der Waals surface area contributed by atoms with Crippen LogP contribution in [0.5, 0.6) is 5.75 Å². The van der Waals surface area contributed by atoms with Crippen LogP contribution in [0, 0.1) is 5.92 Å². The van der Waals surface area contributed by atoms with E-state index in [1.54, 1.807) is 0 Å². The molecule has 0 aliphatic carbocycles. The Morgan fingerprint density at radius 1 is 0.767 bits per heavy atom. The molecule has 0 fully saturated rings. The third-order valence-electron chi connectivity index (χ3n) is 5.24. The highest BCUT2D eigenvalue weighted by atomic mass is 16.5. The molecule has 0 aliphatic heterocycles. The minimum absolute atomic E-state index is 0.643. The molecule has 0 bridgehead atoms. The molecule has 2 aromatic heterocycles. The van der Waals surface area contributed by atoms with Gasteiger partial charge in [0.25, 0.3) is 0 Å². The molecule has 30 heavy (non-hydrogen) atoms. The van der Waals surface area contributed by atoms with Crippen LogP contribution in [0.2, 0.25) is 0 Å². The fourth-order valence-corrected chi connectivity index (χ4v) is 3.50. The lowest BCUT2D eigenvalue weighted by Crippen LogP contribution is -2.01. The van der Waals surface area contributed by atoms with Gasteiger partial charge < -0.3 is 14.7 Å². The van der Waals surface area contributed by atoms with E-state index < -0.39 is 0 Å². The molecule has 2 N–H and O–H groups in total. The summed E-state index contributed by atoms with van der Waals surface area (Å²) < 4.78 is 5.82. The van der Waals surface area contributed by atoms with Crippen LogP contribution in [0.25, 0.3) is 44.8 Å². The van der Waals surface area contributed by atoms with Crippen molar-refractivity contribution in [2.75, 3.05) is 6.61 Å². The van der Waals surface area contributed by atoms with Crippen LogP contribution in [-0.2, 0) is 0 Å². The number of hydrogen-bond donors (Lipinski definition) is 2. The second kappa shape index (κ2) is 7.67. The number of H-pyrrole nitrogens is 2. The number of ether oxygens (including phenoxy) is 1. The second-order valence-corrected chi connectivity index (χ2v) is 7.98. The van der Waals surface area contributed by atoms with E-state index in [9.17, 15) is 0 Å². The number of hydrogen-bond acceptors (Lipinski definition) is 3. The van der Waals surface area contributed by atoms with Crippen molar-refractivity contribution in [2.45, 2.75) is 20.3 Å². The standard InChI is InChI=1S/C25H24N4O/c1-16(2)13-14-30-19-10-7-17(8-11-19)24-28-22-12-9-18(15-23(22)29-24)25-26-20-5-3-4-6-21(20)27-25/h3-12,15-16H,13-14H2,1-2H3,(H,26,27)(H,28,29). The molecular formula is C25H24N4O. The van der Waals surface area contributed by atoms with Gasteiger partial charge in [0.15, 0.2) is 0 Å². The van der Waals surface area contributed by atoms with Crippen LogP contribution in [0.15, 0.2) is 66.7 Å². The molecular weight excluding hydrogens is 372 g/mol. The molecule has 3 aromatic carbocycles. The maximum Gasteiger partial charge on any atom is 0.138 e. The van der Waals surface area contributed by atoms with Crippen molar-refractivity contribution in [1.82, 2.24) is 19.9 Å². The van der Waals surface area contributed by atoms with Gasteiger partial charge in [0.1, 0.15) is 17.4 Å². The summed E-state index contributed by atoms with van der Waals surface area (Å²) in [4.78, 5) is 16.3. The number of nitrogens with one attached hydrogen (secondary N) is 2. The maximum atomic E-state index is 5.82. The highest BCUT2D eigenvalue weighted by Gasteiger charge is 2.10. The van der Waals surface area contributed by atoms with Crippen LogP contribution in [0.1, 0.15) is 20.3 Å². The van der Waals surface area contributed by atoms with Gasteiger partial charge in [0.05, 0.1) is 28.7 Å². The highest BCUT2D eigenvalue weighted by Crippen LogP contribution is 2.27. The summed E-state index contributed by atoms with van der Waals surface area (Å²) in [6, 6.07) is 22.3. The lowest BCUT2D eigenvalue weighted by molar-refractivity contribution is 0.289. The number of aromatic amines is 2. The molecule has 0 saturated carbocycles. The Hall–Kier alpha value is -3.60. The van der Waals surface area contributed by atoms with E-state index in [-0.39, 0.29) is 0 Å². The Morgan fingerprint density at radius 2 is 1.43 bits per heavy atom. The first-order valence-electron chi connectivity index (χ1n) is 10.3. The zero-order valence-corrected chi connectivity index (χ0v) is 17.1. The van der Waals surface area contributed by atoms with E-state index >= 15 is 0 Å². The molecule has 0 amide bonds. The predicted octanol–water partition coefficient (Wildman–Crippen LogP) is 6.20. The summed E-state index contributed by atoms with van der Waals surface area (Å²) in [6.45, 7) is 5.15. The Kier molecular flexibility index (Phi) is 4.71. The van der Waals surface area contributed by atoms with Crippen LogP contribution in [0.3, 0.4) is 0 Å². The average Bonchev–Trinajstić information content (AvgIpc) is 3.37. The minimum Gasteiger partial charge on any atom is -0.494 e. The maximum absolute atomic E-state index is 5.82. The van der Waals surface area contributed by atoms with Gasteiger partial charge in [-0.25, -0.2) is 9.97 Å². The van der Waals surface area contributed by atoms with Crippen LogP contribution in [-0.4, -0.2) is 26.5 Å². The van der Waals surface area contributed by atoms with Crippen molar-refractivity contribution >= 4 is 22.1 Å². The lowest BCUT2D eigenvalue weighted by atomic mass is 10.1. The largest absolute Gasteiger partial charge is 0.494 e. The summed E-state index contributed by atoms with van der Waals surface area (Å²) in [5, 5.41) is 0. The SMILES string of the molecule is CC(C)CCOc1ccc(-c2nc3ccc(-c4nc5ccccc5[nH]4)cc3[nH]2)cc1. The van der Waals surface area contributed by atoms with Crippen molar-refractivity contribution in [3.05, 3.63) is 66.7 Å². The van der Waals surface area contributed by atoms with Gasteiger partial charge in [-0.2, -0.15) is 0 Å². The molecule has 5 aromatic rings. The van der Waals surface area contributed by atoms with E-state index in [1.807, 2.05) is 54.6 Å². The van der Waals surface area contributed by atoms with Crippen LogP contribution >= 0.6 is 0 Å². The van der Waals surface area contributed by atoms with Crippen molar-refractivity contribution in [2.24, 2.45) is 5.92 Å². The van der Waals surface area contributed by atoms with Crippen molar-refractivity contribution in [3.8, 4) is 28.5 Å². The Morgan fingerprint density at radius 3 is 2.20 bits per heavy atom. The molecule has 0 atom stereocenters.